The monoisotopic (exact) mass is 290 g/mol. The Morgan fingerprint density at radius 3 is 2.75 bits per heavy atom. The minimum atomic E-state index is -4.60. The van der Waals surface area contributed by atoms with Crippen LogP contribution in [0.15, 0.2) is 23.4 Å². The first-order valence-electron chi connectivity index (χ1n) is 5.85. The van der Waals surface area contributed by atoms with Crippen molar-refractivity contribution in [2.75, 3.05) is 13.2 Å². The Hall–Kier alpha value is -1.96. The number of hydrogen-bond donors (Lipinski definition) is 2. The molecule has 1 saturated heterocycles. The summed E-state index contributed by atoms with van der Waals surface area (Å²) in [4.78, 5) is 0. The average Bonchev–Trinajstić information content (AvgIpc) is 2.90. The number of halogens is 3. The molecule has 3 N–H and O–H groups in total. The van der Waals surface area contributed by atoms with E-state index < -0.39 is 23.7 Å². The Bertz CT molecular complexity index is 511. The summed E-state index contributed by atoms with van der Waals surface area (Å²) in [5.74, 6) is -0.686. The van der Waals surface area contributed by atoms with Gasteiger partial charge in [0.2, 0.25) is 0 Å². The Morgan fingerprint density at radius 2 is 2.20 bits per heavy atom. The summed E-state index contributed by atoms with van der Waals surface area (Å²) in [6, 6.07) is 3.25. The third-order valence-electron chi connectivity index (χ3n) is 2.87. The van der Waals surface area contributed by atoms with Crippen molar-refractivity contribution in [3.05, 3.63) is 29.3 Å². The lowest BCUT2D eigenvalue weighted by Crippen LogP contribution is -2.20. The van der Waals surface area contributed by atoms with Gasteiger partial charge < -0.3 is 20.4 Å². The molecule has 1 atom stereocenters. The zero-order valence-corrected chi connectivity index (χ0v) is 10.4. The van der Waals surface area contributed by atoms with Gasteiger partial charge in [-0.1, -0.05) is 5.16 Å². The fourth-order valence-electron chi connectivity index (χ4n) is 1.86. The van der Waals surface area contributed by atoms with E-state index in [2.05, 4.69) is 5.16 Å². The molecule has 0 amide bonds. The molecule has 1 fully saturated rings. The standard InChI is InChI=1S/C12H13F3N2O3/c13-12(14,15)9-5-7(11(16)17-18)1-2-10(9)20-8-3-4-19-6-8/h1-2,5,8,18H,3-4,6H2,(H2,16,17)/t8-/m0/s1. The Morgan fingerprint density at radius 1 is 1.45 bits per heavy atom. The summed E-state index contributed by atoms with van der Waals surface area (Å²) < 4.78 is 49.4. The third kappa shape index (κ3) is 3.13. The van der Waals surface area contributed by atoms with E-state index in [1.54, 1.807) is 0 Å². The number of alkyl halides is 3. The van der Waals surface area contributed by atoms with Crippen molar-refractivity contribution in [2.45, 2.75) is 18.7 Å². The van der Waals surface area contributed by atoms with Crippen LogP contribution in [0.1, 0.15) is 17.5 Å². The molecule has 1 aromatic carbocycles. The van der Waals surface area contributed by atoms with Gasteiger partial charge in [-0.2, -0.15) is 13.2 Å². The zero-order chi connectivity index (χ0) is 14.8. The van der Waals surface area contributed by atoms with Gasteiger partial charge in [-0.05, 0) is 18.2 Å². The summed E-state index contributed by atoms with van der Waals surface area (Å²) in [7, 11) is 0. The Labute approximate surface area is 112 Å². The normalized spacial score (nSPS) is 20.1. The van der Waals surface area contributed by atoms with E-state index in [-0.39, 0.29) is 17.9 Å². The topological polar surface area (TPSA) is 77.1 Å². The number of amidine groups is 1. The van der Waals surface area contributed by atoms with Gasteiger partial charge in [-0.25, -0.2) is 0 Å². The fraction of sp³-hybridized carbons (Fsp3) is 0.417. The average molecular weight is 290 g/mol. The van der Waals surface area contributed by atoms with E-state index in [9.17, 15) is 13.2 Å². The van der Waals surface area contributed by atoms with Crippen LogP contribution in [0.5, 0.6) is 5.75 Å². The smallest absolute Gasteiger partial charge is 0.419 e. The summed E-state index contributed by atoms with van der Waals surface area (Å²) >= 11 is 0. The largest absolute Gasteiger partial charge is 0.487 e. The molecule has 1 aliphatic rings. The Balaban J connectivity index is 2.35. The van der Waals surface area contributed by atoms with Gasteiger partial charge in [0.15, 0.2) is 5.84 Å². The second-order valence-corrected chi connectivity index (χ2v) is 4.30. The van der Waals surface area contributed by atoms with Crippen LogP contribution in [-0.2, 0) is 10.9 Å². The second kappa shape index (κ2) is 5.58. The minimum Gasteiger partial charge on any atom is -0.487 e. The van der Waals surface area contributed by atoms with E-state index in [4.69, 9.17) is 20.4 Å². The lowest BCUT2D eigenvalue weighted by Gasteiger charge is -2.18. The number of ether oxygens (including phenoxy) is 2. The maximum absolute atomic E-state index is 13.0. The van der Waals surface area contributed by atoms with Crippen molar-refractivity contribution in [3.63, 3.8) is 0 Å². The van der Waals surface area contributed by atoms with Gasteiger partial charge in [0.05, 0.1) is 18.8 Å². The molecule has 0 radical (unpaired) electrons. The van der Waals surface area contributed by atoms with Gasteiger partial charge in [0.1, 0.15) is 11.9 Å². The van der Waals surface area contributed by atoms with Crippen LogP contribution in [-0.4, -0.2) is 30.4 Å². The molecule has 5 nitrogen and oxygen atoms in total. The molecule has 0 bridgehead atoms. The van der Waals surface area contributed by atoms with Crippen LogP contribution in [0.4, 0.5) is 13.2 Å². The fourth-order valence-corrected chi connectivity index (χ4v) is 1.86. The van der Waals surface area contributed by atoms with Crippen LogP contribution < -0.4 is 10.5 Å². The van der Waals surface area contributed by atoms with Crippen molar-refractivity contribution < 1.29 is 27.9 Å². The SMILES string of the molecule is NC(=NO)c1ccc(O[C@H]2CCOC2)c(C(F)(F)F)c1. The molecule has 0 aliphatic carbocycles. The molecular formula is C12H13F3N2O3. The summed E-state index contributed by atoms with van der Waals surface area (Å²) in [5.41, 5.74) is 4.30. The minimum absolute atomic E-state index is 0.0325. The van der Waals surface area contributed by atoms with Crippen molar-refractivity contribution in [1.29, 1.82) is 0 Å². The zero-order valence-electron chi connectivity index (χ0n) is 10.4. The molecular weight excluding hydrogens is 277 g/mol. The lowest BCUT2D eigenvalue weighted by atomic mass is 10.1. The Kier molecular flexibility index (Phi) is 4.03. The first kappa shape index (κ1) is 14.4. The van der Waals surface area contributed by atoms with E-state index in [0.29, 0.717) is 13.0 Å². The van der Waals surface area contributed by atoms with Crippen molar-refractivity contribution in [1.82, 2.24) is 0 Å². The molecule has 1 aliphatic heterocycles. The molecule has 110 valence electrons. The number of nitrogens with two attached hydrogens (primary N) is 1. The number of benzene rings is 1. The maximum atomic E-state index is 13.0. The van der Waals surface area contributed by atoms with Crippen LogP contribution in [0.2, 0.25) is 0 Å². The molecule has 2 rings (SSSR count). The van der Waals surface area contributed by atoms with Gasteiger partial charge in [0.25, 0.3) is 0 Å². The van der Waals surface area contributed by atoms with Crippen LogP contribution in [0.3, 0.4) is 0 Å². The summed E-state index contributed by atoms with van der Waals surface area (Å²) in [6.07, 6.45) is -4.45. The molecule has 0 spiro atoms. The second-order valence-electron chi connectivity index (χ2n) is 4.30. The first-order valence-corrected chi connectivity index (χ1v) is 5.85. The predicted octanol–water partition coefficient (Wildman–Crippen LogP) is 1.97. The van der Waals surface area contributed by atoms with E-state index in [1.165, 1.54) is 6.07 Å². The molecule has 1 heterocycles. The number of oxime groups is 1. The third-order valence-corrected chi connectivity index (χ3v) is 2.87. The highest BCUT2D eigenvalue weighted by atomic mass is 19.4. The van der Waals surface area contributed by atoms with Crippen LogP contribution >= 0.6 is 0 Å². The van der Waals surface area contributed by atoms with Crippen molar-refractivity contribution in [3.8, 4) is 5.75 Å². The molecule has 8 heteroatoms. The van der Waals surface area contributed by atoms with Gasteiger partial charge in [0, 0.05) is 12.0 Å². The van der Waals surface area contributed by atoms with E-state index in [0.717, 1.165) is 12.1 Å². The van der Waals surface area contributed by atoms with Crippen LogP contribution in [0, 0.1) is 0 Å². The van der Waals surface area contributed by atoms with Gasteiger partial charge in [-0.3, -0.25) is 0 Å². The molecule has 20 heavy (non-hydrogen) atoms. The molecule has 0 unspecified atom stereocenters. The summed E-state index contributed by atoms with van der Waals surface area (Å²) in [6.45, 7) is 0.730. The highest BCUT2D eigenvalue weighted by Crippen LogP contribution is 2.37. The quantitative estimate of drug-likeness (QED) is 0.386. The molecule has 0 aromatic heterocycles. The molecule has 0 saturated carbocycles. The van der Waals surface area contributed by atoms with Crippen molar-refractivity contribution in [2.24, 2.45) is 10.9 Å². The highest BCUT2D eigenvalue weighted by molar-refractivity contribution is 5.97. The lowest BCUT2D eigenvalue weighted by molar-refractivity contribution is -0.139. The van der Waals surface area contributed by atoms with Gasteiger partial charge >= 0.3 is 6.18 Å². The number of nitrogens with zero attached hydrogens (tertiary/aromatic N) is 1. The van der Waals surface area contributed by atoms with Gasteiger partial charge in [-0.15, -0.1) is 0 Å². The first-order chi connectivity index (χ1) is 9.41. The van der Waals surface area contributed by atoms with Crippen molar-refractivity contribution >= 4 is 5.84 Å². The predicted molar refractivity (Wildman–Crippen MR) is 63.8 cm³/mol. The number of hydrogen-bond acceptors (Lipinski definition) is 4. The van der Waals surface area contributed by atoms with E-state index in [1.807, 2.05) is 0 Å². The highest BCUT2D eigenvalue weighted by Gasteiger charge is 2.36. The van der Waals surface area contributed by atoms with E-state index >= 15 is 0 Å². The molecule has 1 aromatic rings. The maximum Gasteiger partial charge on any atom is 0.419 e. The van der Waals surface area contributed by atoms with Crippen LogP contribution in [0.25, 0.3) is 0 Å². The number of rotatable bonds is 3. The summed E-state index contributed by atoms with van der Waals surface area (Å²) in [5, 5.41) is 11.2.